The van der Waals surface area contributed by atoms with Crippen molar-refractivity contribution in [1.82, 2.24) is 15.0 Å². The molecular formula is C12H17ClN4O3. The van der Waals surface area contributed by atoms with Gasteiger partial charge in [-0.15, -0.1) is 0 Å². The number of anilines is 1. The Morgan fingerprint density at radius 1 is 1.45 bits per heavy atom. The van der Waals surface area contributed by atoms with Crippen LogP contribution >= 0.6 is 11.6 Å². The van der Waals surface area contributed by atoms with Gasteiger partial charge in [0.1, 0.15) is 0 Å². The molecule has 1 N–H and O–H groups in total. The molecule has 7 nitrogen and oxygen atoms in total. The van der Waals surface area contributed by atoms with Gasteiger partial charge in [-0.05, 0) is 23.9 Å². The maximum Gasteiger partial charge on any atom is 0.322 e. The number of rotatable bonds is 4. The molecule has 1 aliphatic heterocycles. The van der Waals surface area contributed by atoms with Gasteiger partial charge in [0.15, 0.2) is 0 Å². The van der Waals surface area contributed by atoms with Crippen LogP contribution < -0.4 is 9.64 Å². The number of carboxylic acid groups (broad SMARTS) is 1. The predicted octanol–water partition coefficient (Wildman–Crippen LogP) is 1.47. The number of nitrogens with zero attached hydrogens (tertiary/aromatic N) is 4. The van der Waals surface area contributed by atoms with Crippen molar-refractivity contribution in [2.24, 2.45) is 11.3 Å². The molecule has 0 saturated carbocycles. The number of carboxylic acids is 1. The average molecular weight is 301 g/mol. The fraction of sp³-hybridized carbons (Fsp3) is 0.667. The molecule has 1 unspecified atom stereocenters. The molecule has 0 aromatic carbocycles. The van der Waals surface area contributed by atoms with E-state index < -0.39 is 11.4 Å². The van der Waals surface area contributed by atoms with E-state index in [0.29, 0.717) is 25.5 Å². The Labute approximate surface area is 122 Å². The maximum absolute atomic E-state index is 11.6. The second kappa shape index (κ2) is 5.40. The van der Waals surface area contributed by atoms with Crippen LogP contribution in [0, 0.1) is 11.3 Å². The van der Waals surface area contributed by atoms with Gasteiger partial charge in [-0.25, -0.2) is 0 Å². The van der Waals surface area contributed by atoms with E-state index in [-0.39, 0.29) is 17.2 Å². The highest BCUT2D eigenvalue weighted by Crippen LogP contribution is 2.39. The van der Waals surface area contributed by atoms with Crippen molar-refractivity contribution in [3.8, 4) is 6.01 Å². The van der Waals surface area contributed by atoms with Crippen molar-refractivity contribution < 1.29 is 14.6 Å². The molecule has 1 aromatic heterocycles. The Morgan fingerprint density at radius 2 is 2.15 bits per heavy atom. The monoisotopic (exact) mass is 300 g/mol. The normalized spacial score (nSPS) is 22.4. The molecule has 20 heavy (non-hydrogen) atoms. The second-order valence-electron chi connectivity index (χ2n) is 5.18. The van der Waals surface area contributed by atoms with Gasteiger partial charge in [0, 0.05) is 13.1 Å². The zero-order valence-corrected chi connectivity index (χ0v) is 12.4. The third kappa shape index (κ3) is 2.49. The van der Waals surface area contributed by atoms with E-state index in [1.165, 1.54) is 7.11 Å². The summed E-state index contributed by atoms with van der Waals surface area (Å²) in [7, 11) is 1.44. The van der Waals surface area contributed by atoms with Gasteiger partial charge in [0.2, 0.25) is 11.2 Å². The molecule has 0 aliphatic carbocycles. The lowest BCUT2D eigenvalue weighted by atomic mass is 9.76. The van der Waals surface area contributed by atoms with E-state index in [1.54, 1.807) is 0 Å². The zero-order chi connectivity index (χ0) is 14.9. The summed E-state index contributed by atoms with van der Waals surface area (Å²) in [6, 6.07) is 0.123. The number of aliphatic carboxylic acids is 1. The molecular weight excluding hydrogens is 284 g/mol. The Morgan fingerprint density at radius 3 is 2.65 bits per heavy atom. The van der Waals surface area contributed by atoms with E-state index >= 15 is 0 Å². The van der Waals surface area contributed by atoms with Gasteiger partial charge in [-0.3, -0.25) is 4.79 Å². The molecule has 0 radical (unpaired) electrons. The van der Waals surface area contributed by atoms with Crippen LogP contribution in [-0.2, 0) is 4.79 Å². The van der Waals surface area contributed by atoms with E-state index in [2.05, 4.69) is 15.0 Å². The minimum atomic E-state index is -0.790. The number of hydrogen-bond donors (Lipinski definition) is 1. The van der Waals surface area contributed by atoms with Crippen molar-refractivity contribution in [1.29, 1.82) is 0 Å². The van der Waals surface area contributed by atoms with Crippen molar-refractivity contribution in [2.45, 2.75) is 20.3 Å². The van der Waals surface area contributed by atoms with Gasteiger partial charge in [-0.2, -0.15) is 15.0 Å². The molecule has 1 aromatic rings. The zero-order valence-electron chi connectivity index (χ0n) is 11.6. The molecule has 0 spiro atoms. The number of carbonyl (C=O) groups is 1. The van der Waals surface area contributed by atoms with Crippen LogP contribution in [0.25, 0.3) is 0 Å². The highest BCUT2D eigenvalue weighted by molar-refractivity contribution is 6.28. The first-order valence-corrected chi connectivity index (χ1v) is 6.71. The van der Waals surface area contributed by atoms with Gasteiger partial charge in [0.05, 0.1) is 12.5 Å². The molecule has 1 fully saturated rings. The molecule has 2 rings (SSSR count). The average Bonchev–Trinajstić information content (AvgIpc) is 2.84. The lowest BCUT2D eigenvalue weighted by Crippen LogP contribution is -2.39. The Kier molecular flexibility index (Phi) is 3.99. The van der Waals surface area contributed by atoms with E-state index in [9.17, 15) is 9.90 Å². The first-order valence-electron chi connectivity index (χ1n) is 6.33. The van der Waals surface area contributed by atoms with Crippen LogP contribution in [0.15, 0.2) is 0 Å². The highest BCUT2D eigenvalue weighted by Gasteiger charge is 2.48. The minimum absolute atomic E-state index is 0.0178. The standard InChI is InChI=1S/C12H17ClN4O3/c1-7(2)12(8(18)19)4-5-17(6-12)10-14-9(13)15-11(16-10)20-3/h7H,4-6H2,1-3H3,(H,18,19). The van der Waals surface area contributed by atoms with E-state index in [4.69, 9.17) is 16.3 Å². The lowest BCUT2D eigenvalue weighted by molar-refractivity contribution is -0.150. The van der Waals surface area contributed by atoms with Crippen LogP contribution in [0.1, 0.15) is 20.3 Å². The summed E-state index contributed by atoms with van der Waals surface area (Å²) in [5.74, 6) is -0.419. The summed E-state index contributed by atoms with van der Waals surface area (Å²) in [6.07, 6.45) is 0.547. The quantitative estimate of drug-likeness (QED) is 0.900. The fourth-order valence-corrected chi connectivity index (χ4v) is 2.60. The third-order valence-electron chi connectivity index (χ3n) is 3.87. The fourth-order valence-electron chi connectivity index (χ4n) is 2.45. The number of hydrogen-bond acceptors (Lipinski definition) is 6. The van der Waals surface area contributed by atoms with E-state index in [0.717, 1.165) is 0 Å². The summed E-state index contributed by atoms with van der Waals surface area (Å²) >= 11 is 5.82. The topological polar surface area (TPSA) is 88.4 Å². The minimum Gasteiger partial charge on any atom is -0.481 e. The van der Waals surface area contributed by atoms with Crippen molar-refractivity contribution >= 4 is 23.5 Å². The molecule has 8 heteroatoms. The Hall–Kier alpha value is -1.63. The van der Waals surface area contributed by atoms with Crippen LogP contribution in [0.2, 0.25) is 5.28 Å². The summed E-state index contributed by atoms with van der Waals surface area (Å²) in [6.45, 7) is 4.74. The Balaban J connectivity index is 2.29. The SMILES string of the molecule is COc1nc(Cl)nc(N2CCC(C(=O)O)(C(C)C)C2)n1. The smallest absolute Gasteiger partial charge is 0.322 e. The van der Waals surface area contributed by atoms with Gasteiger partial charge < -0.3 is 14.7 Å². The maximum atomic E-state index is 11.6. The number of methoxy groups -OCH3 is 1. The largest absolute Gasteiger partial charge is 0.481 e. The van der Waals surface area contributed by atoms with Crippen molar-refractivity contribution in [3.63, 3.8) is 0 Å². The molecule has 1 aliphatic rings. The van der Waals surface area contributed by atoms with Crippen LogP contribution in [0.4, 0.5) is 5.95 Å². The first-order chi connectivity index (χ1) is 9.39. The van der Waals surface area contributed by atoms with Crippen LogP contribution in [-0.4, -0.2) is 46.2 Å². The summed E-state index contributed by atoms with van der Waals surface area (Å²) < 4.78 is 4.95. The summed E-state index contributed by atoms with van der Waals surface area (Å²) in [5, 5.41) is 9.56. The molecule has 1 saturated heterocycles. The molecule has 2 heterocycles. The molecule has 0 amide bonds. The molecule has 1 atom stereocenters. The Bertz CT molecular complexity index is 525. The van der Waals surface area contributed by atoms with Gasteiger partial charge in [0.25, 0.3) is 0 Å². The summed E-state index contributed by atoms with van der Waals surface area (Å²) in [4.78, 5) is 25.4. The second-order valence-corrected chi connectivity index (χ2v) is 5.52. The van der Waals surface area contributed by atoms with E-state index in [1.807, 2.05) is 18.7 Å². The molecule has 110 valence electrons. The number of halogens is 1. The predicted molar refractivity (Wildman–Crippen MR) is 73.1 cm³/mol. The lowest BCUT2D eigenvalue weighted by Gasteiger charge is -2.28. The van der Waals surface area contributed by atoms with Crippen molar-refractivity contribution in [3.05, 3.63) is 5.28 Å². The number of ether oxygens (including phenoxy) is 1. The van der Waals surface area contributed by atoms with Gasteiger partial charge >= 0.3 is 12.0 Å². The van der Waals surface area contributed by atoms with Crippen LogP contribution in [0.3, 0.4) is 0 Å². The number of aromatic nitrogens is 3. The van der Waals surface area contributed by atoms with Crippen molar-refractivity contribution in [2.75, 3.05) is 25.1 Å². The molecule has 0 bridgehead atoms. The first kappa shape index (κ1) is 14.8. The van der Waals surface area contributed by atoms with Crippen LogP contribution in [0.5, 0.6) is 6.01 Å². The third-order valence-corrected chi connectivity index (χ3v) is 4.04. The highest BCUT2D eigenvalue weighted by atomic mass is 35.5. The summed E-state index contributed by atoms with van der Waals surface area (Å²) in [5.41, 5.74) is -0.785. The van der Waals surface area contributed by atoms with Gasteiger partial charge in [-0.1, -0.05) is 13.8 Å².